The Morgan fingerprint density at radius 1 is 1.21 bits per heavy atom. The van der Waals surface area contributed by atoms with Crippen LogP contribution in [-0.2, 0) is 6.54 Å². The van der Waals surface area contributed by atoms with Crippen LogP contribution in [0.15, 0.2) is 24.3 Å². The molecule has 0 radical (unpaired) electrons. The third-order valence-electron chi connectivity index (χ3n) is 5.41. The van der Waals surface area contributed by atoms with Crippen molar-refractivity contribution in [2.75, 3.05) is 13.1 Å². The lowest BCUT2D eigenvalue weighted by atomic mass is 9.89. The van der Waals surface area contributed by atoms with Crippen molar-refractivity contribution in [3.05, 3.63) is 39.9 Å². The standard InChI is InChI=1S/C18H27N3O3/c22-18-7-2-1-6-17(18)20-10-8-15(9-11-20)19-13-14-4-3-5-16(12-14)21(23)24/h3-5,12,15,17-19,22H,1-2,6-11,13H2. The number of nitro groups is 1. The number of likely N-dealkylation sites (tertiary alicyclic amines) is 1. The third-order valence-corrected chi connectivity index (χ3v) is 5.41. The molecule has 2 aliphatic rings. The Balaban J connectivity index is 1.45. The van der Waals surface area contributed by atoms with Gasteiger partial charge in [0.1, 0.15) is 0 Å². The fourth-order valence-electron chi connectivity index (χ4n) is 4.00. The molecule has 1 heterocycles. The highest BCUT2D eigenvalue weighted by molar-refractivity contribution is 5.34. The second kappa shape index (κ2) is 8.05. The number of nitrogens with one attached hydrogen (secondary N) is 1. The molecule has 1 saturated carbocycles. The van der Waals surface area contributed by atoms with Crippen LogP contribution in [0.5, 0.6) is 0 Å². The second-order valence-electron chi connectivity index (χ2n) is 7.04. The van der Waals surface area contributed by atoms with Gasteiger partial charge in [0.05, 0.1) is 11.0 Å². The maximum Gasteiger partial charge on any atom is 0.269 e. The SMILES string of the molecule is O=[N+]([O-])c1cccc(CNC2CCN(C3CCCCC3O)CC2)c1. The number of hydrogen-bond donors (Lipinski definition) is 2. The fourth-order valence-corrected chi connectivity index (χ4v) is 4.00. The monoisotopic (exact) mass is 333 g/mol. The molecule has 2 fully saturated rings. The number of rotatable bonds is 5. The van der Waals surface area contributed by atoms with Crippen LogP contribution in [0.2, 0.25) is 0 Å². The minimum Gasteiger partial charge on any atom is -0.391 e. The van der Waals surface area contributed by atoms with Crippen LogP contribution in [0.4, 0.5) is 5.69 Å². The molecule has 0 amide bonds. The molecule has 2 unspecified atom stereocenters. The summed E-state index contributed by atoms with van der Waals surface area (Å²) < 4.78 is 0. The van der Waals surface area contributed by atoms with E-state index < -0.39 is 0 Å². The van der Waals surface area contributed by atoms with E-state index in [2.05, 4.69) is 10.2 Å². The first-order chi connectivity index (χ1) is 11.6. The zero-order valence-corrected chi connectivity index (χ0v) is 14.1. The van der Waals surface area contributed by atoms with Crippen LogP contribution in [0.25, 0.3) is 0 Å². The lowest BCUT2D eigenvalue weighted by Gasteiger charge is -2.41. The highest BCUT2D eigenvalue weighted by atomic mass is 16.6. The lowest BCUT2D eigenvalue weighted by molar-refractivity contribution is -0.384. The van der Waals surface area contributed by atoms with E-state index in [-0.39, 0.29) is 16.7 Å². The van der Waals surface area contributed by atoms with Crippen LogP contribution in [0, 0.1) is 10.1 Å². The summed E-state index contributed by atoms with van der Waals surface area (Å²) >= 11 is 0. The highest BCUT2D eigenvalue weighted by Gasteiger charge is 2.31. The molecular weight excluding hydrogens is 306 g/mol. The largest absolute Gasteiger partial charge is 0.391 e. The Morgan fingerprint density at radius 3 is 2.67 bits per heavy atom. The van der Waals surface area contributed by atoms with Crippen LogP contribution >= 0.6 is 0 Å². The molecule has 132 valence electrons. The number of benzene rings is 1. The normalized spacial score (nSPS) is 26.4. The molecule has 1 saturated heterocycles. The van der Waals surface area contributed by atoms with E-state index in [1.807, 2.05) is 6.07 Å². The Hall–Kier alpha value is -1.50. The van der Waals surface area contributed by atoms with E-state index in [9.17, 15) is 15.2 Å². The van der Waals surface area contributed by atoms with Crippen molar-refractivity contribution in [3.63, 3.8) is 0 Å². The highest BCUT2D eigenvalue weighted by Crippen LogP contribution is 2.26. The minimum atomic E-state index is -0.350. The van der Waals surface area contributed by atoms with Gasteiger partial charge in [0.25, 0.3) is 5.69 Å². The molecule has 1 aliphatic carbocycles. The molecule has 2 atom stereocenters. The first-order valence-electron chi connectivity index (χ1n) is 9.02. The van der Waals surface area contributed by atoms with Gasteiger partial charge in [0.15, 0.2) is 0 Å². The van der Waals surface area contributed by atoms with E-state index in [0.717, 1.165) is 50.8 Å². The average Bonchev–Trinajstić information content (AvgIpc) is 2.61. The van der Waals surface area contributed by atoms with Gasteiger partial charge in [-0.1, -0.05) is 25.0 Å². The zero-order chi connectivity index (χ0) is 16.9. The van der Waals surface area contributed by atoms with Crippen molar-refractivity contribution in [3.8, 4) is 0 Å². The molecule has 6 heteroatoms. The van der Waals surface area contributed by atoms with Crippen molar-refractivity contribution < 1.29 is 10.0 Å². The number of aliphatic hydroxyl groups excluding tert-OH is 1. The summed E-state index contributed by atoms with van der Waals surface area (Å²) in [6.45, 7) is 2.71. The van der Waals surface area contributed by atoms with E-state index >= 15 is 0 Å². The van der Waals surface area contributed by atoms with E-state index in [0.29, 0.717) is 18.6 Å². The summed E-state index contributed by atoms with van der Waals surface area (Å²) in [5.41, 5.74) is 1.10. The van der Waals surface area contributed by atoms with Crippen molar-refractivity contribution in [2.24, 2.45) is 0 Å². The molecule has 6 nitrogen and oxygen atoms in total. The number of non-ortho nitro benzene ring substituents is 1. The number of nitrogens with zero attached hydrogens (tertiary/aromatic N) is 2. The second-order valence-corrected chi connectivity index (χ2v) is 7.04. The summed E-state index contributed by atoms with van der Waals surface area (Å²) in [6.07, 6.45) is 6.41. The zero-order valence-electron chi connectivity index (χ0n) is 14.1. The van der Waals surface area contributed by atoms with Crippen molar-refractivity contribution >= 4 is 5.69 Å². The van der Waals surface area contributed by atoms with Crippen LogP contribution in [0.3, 0.4) is 0 Å². The molecule has 24 heavy (non-hydrogen) atoms. The van der Waals surface area contributed by atoms with Gasteiger partial charge < -0.3 is 10.4 Å². The Kier molecular flexibility index (Phi) is 5.81. The fraction of sp³-hybridized carbons (Fsp3) is 0.667. The van der Waals surface area contributed by atoms with Gasteiger partial charge in [0.2, 0.25) is 0 Å². The number of aliphatic hydroxyl groups is 1. The first kappa shape index (κ1) is 17.3. The van der Waals surface area contributed by atoms with E-state index in [1.165, 1.54) is 12.5 Å². The summed E-state index contributed by atoms with van der Waals surface area (Å²) in [6, 6.07) is 7.62. The molecule has 2 N–H and O–H groups in total. The smallest absolute Gasteiger partial charge is 0.269 e. The third kappa shape index (κ3) is 4.32. The maximum atomic E-state index is 10.8. The molecule has 0 spiro atoms. The lowest BCUT2D eigenvalue weighted by Crippen LogP contribution is -2.51. The first-order valence-corrected chi connectivity index (χ1v) is 9.02. The van der Waals surface area contributed by atoms with E-state index in [1.54, 1.807) is 12.1 Å². The Bertz CT molecular complexity index is 558. The van der Waals surface area contributed by atoms with Gasteiger partial charge in [-0.25, -0.2) is 0 Å². The van der Waals surface area contributed by atoms with Gasteiger partial charge in [0, 0.05) is 43.9 Å². The molecule has 0 aromatic heterocycles. The van der Waals surface area contributed by atoms with Crippen LogP contribution < -0.4 is 5.32 Å². The molecule has 1 aliphatic heterocycles. The van der Waals surface area contributed by atoms with Gasteiger partial charge in [-0.3, -0.25) is 15.0 Å². The number of nitro benzene ring substituents is 1. The summed E-state index contributed by atoms with van der Waals surface area (Å²) in [5.74, 6) is 0. The topological polar surface area (TPSA) is 78.6 Å². The van der Waals surface area contributed by atoms with Gasteiger partial charge in [-0.2, -0.15) is 0 Å². The van der Waals surface area contributed by atoms with Gasteiger partial charge in [-0.15, -0.1) is 0 Å². The number of piperidine rings is 1. The average molecular weight is 333 g/mol. The summed E-state index contributed by atoms with van der Waals surface area (Å²) in [5, 5.41) is 24.6. The van der Waals surface area contributed by atoms with Gasteiger partial charge >= 0.3 is 0 Å². The predicted molar refractivity (Wildman–Crippen MR) is 92.8 cm³/mol. The Morgan fingerprint density at radius 2 is 1.96 bits per heavy atom. The maximum absolute atomic E-state index is 10.8. The molecule has 0 bridgehead atoms. The minimum absolute atomic E-state index is 0.149. The molecular formula is C18H27N3O3. The van der Waals surface area contributed by atoms with Gasteiger partial charge in [-0.05, 0) is 31.2 Å². The Labute approximate surface area is 143 Å². The van der Waals surface area contributed by atoms with Crippen molar-refractivity contribution in [1.82, 2.24) is 10.2 Å². The molecule has 1 aromatic carbocycles. The van der Waals surface area contributed by atoms with Crippen LogP contribution in [-0.4, -0.2) is 46.2 Å². The molecule has 1 aromatic rings. The predicted octanol–water partition coefficient (Wildman–Crippen LogP) is 2.45. The van der Waals surface area contributed by atoms with E-state index in [4.69, 9.17) is 0 Å². The number of hydrogen-bond acceptors (Lipinski definition) is 5. The van der Waals surface area contributed by atoms with Crippen LogP contribution in [0.1, 0.15) is 44.1 Å². The molecule has 3 rings (SSSR count). The van der Waals surface area contributed by atoms with Crippen molar-refractivity contribution in [2.45, 2.75) is 63.3 Å². The van der Waals surface area contributed by atoms with Crippen molar-refractivity contribution in [1.29, 1.82) is 0 Å². The quantitative estimate of drug-likeness (QED) is 0.639. The summed E-state index contributed by atoms with van der Waals surface area (Å²) in [4.78, 5) is 12.9. The summed E-state index contributed by atoms with van der Waals surface area (Å²) in [7, 11) is 0.